The van der Waals surface area contributed by atoms with Crippen molar-refractivity contribution in [1.29, 1.82) is 0 Å². The van der Waals surface area contributed by atoms with Crippen molar-refractivity contribution < 1.29 is 28.5 Å². The van der Waals surface area contributed by atoms with Crippen LogP contribution in [0.25, 0.3) is 6.08 Å². The smallest absolute Gasteiger partial charge is 0.347 e. The summed E-state index contributed by atoms with van der Waals surface area (Å²) in [6.07, 6.45) is 4.42. The molecule has 6 heteroatoms. The lowest BCUT2D eigenvalue weighted by atomic mass is 10.1. The molecule has 0 radical (unpaired) electrons. The standard InChI is InChI=1S/C23H22O6/c1-4-27-23(25)15(2)28-17-12-13-18-21(14-17)29-20(22(18)24)11-7-9-16-8-5-6-10-19(16)26-3/h5-15H,4H2,1-3H3/t15-/m1/s1. The number of carbonyl (C=O) groups is 2. The number of hydrogen-bond acceptors (Lipinski definition) is 6. The maximum Gasteiger partial charge on any atom is 0.347 e. The monoisotopic (exact) mass is 394 g/mol. The molecule has 0 N–H and O–H groups in total. The number of ether oxygens (including phenoxy) is 4. The summed E-state index contributed by atoms with van der Waals surface area (Å²) in [5.74, 6) is 1.09. The highest BCUT2D eigenvalue weighted by atomic mass is 16.6. The Balaban J connectivity index is 1.72. The largest absolute Gasteiger partial charge is 0.496 e. The third-order valence-electron chi connectivity index (χ3n) is 4.24. The lowest BCUT2D eigenvalue weighted by molar-refractivity contribution is -0.150. The van der Waals surface area contributed by atoms with Crippen molar-refractivity contribution in [3.8, 4) is 17.2 Å². The molecule has 150 valence electrons. The molecule has 0 spiro atoms. The molecular formula is C23H22O6. The second kappa shape index (κ2) is 9.10. The highest BCUT2D eigenvalue weighted by Crippen LogP contribution is 2.34. The van der Waals surface area contributed by atoms with Crippen LogP contribution < -0.4 is 14.2 Å². The molecule has 29 heavy (non-hydrogen) atoms. The van der Waals surface area contributed by atoms with Gasteiger partial charge in [-0.05, 0) is 38.1 Å². The number of esters is 1. The molecule has 0 aliphatic carbocycles. The molecule has 0 bridgehead atoms. The molecule has 1 atom stereocenters. The minimum atomic E-state index is -0.760. The predicted octanol–water partition coefficient (Wildman–Crippen LogP) is 4.20. The van der Waals surface area contributed by atoms with Gasteiger partial charge in [0.15, 0.2) is 11.9 Å². The van der Waals surface area contributed by atoms with Crippen LogP contribution in [0.2, 0.25) is 0 Å². The third kappa shape index (κ3) is 4.66. The summed E-state index contributed by atoms with van der Waals surface area (Å²) in [7, 11) is 1.61. The number of para-hydroxylation sites is 1. The predicted molar refractivity (Wildman–Crippen MR) is 108 cm³/mol. The second-order valence-electron chi connectivity index (χ2n) is 6.23. The van der Waals surface area contributed by atoms with Crippen molar-refractivity contribution in [2.45, 2.75) is 20.0 Å². The highest BCUT2D eigenvalue weighted by Gasteiger charge is 2.27. The summed E-state index contributed by atoms with van der Waals surface area (Å²) in [5.41, 5.74) is 1.33. The number of Topliss-reactive ketones (excluding diaryl/α,β-unsaturated/α-hetero) is 1. The van der Waals surface area contributed by atoms with Crippen LogP contribution in [-0.4, -0.2) is 31.6 Å². The maximum atomic E-state index is 12.5. The average Bonchev–Trinajstić information content (AvgIpc) is 3.03. The van der Waals surface area contributed by atoms with Gasteiger partial charge in [0.2, 0.25) is 5.78 Å². The van der Waals surface area contributed by atoms with Gasteiger partial charge in [-0.1, -0.05) is 30.4 Å². The van der Waals surface area contributed by atoms with Gasteiger partial charge in [0.1, 0.15) is 17.2 Å². The Morgan fingerprint density at radius 2 is 2.00 bits per heavy atom. The number of hydrogen-bond donors (Lipinski definition) is 0. The van der Waals surface area contributed by atoms with Crippen LogP contribution in [0, 0.1) is 0 Å². The molecule has 2 aromatic rings. The summed E-state index contributed by atoms with van der Waals surface area (Å²) in [4.78, 5) is 24.2. The summed E-state index contributed by atoms with van der Waals surface area (Å²) in [6.45, 7) is 3.62. The van der Waals surface area contributed by atoms with Crippen molar-refractivity contribution >= 4 is 17.8 Å². The number of benzene rings is 2. The Hall–Kier alpha value is -3.54. The van der Waals surface area contributed by atoms with E-state index in [2.05, 4.69) is 0 Å². The van der Waals surface area contributed by atoms with Crippen molar-refractivity contribution in [2.24, 2.45) is 0 Å². The normalized spacial score (nSPS) is 15.1. The van der Waals surface area contributed by atoms with Gasteiger partial charge in [-0.25, -0.2) is 4.79 Å². The molecule has 0 saturated heterocycles. The van der Waals surface area contributed by atoms with Crippen LogP contribution in [-0.2, 0) is 9.53 Å². The van der Waals surface area contributed by atoms with Crippen LogP contribution in [0.5, 0.6) is 17.2 Å². The molecule has 1 aliphatic heterocycles. The van der Waals surface area contributed by atoms with Gasteiger partial charge in [-0.2, -0.15) is 0 Å². The number of fused-ring (bicyclic) bond motifs is 1. The number of ketones is 1. The van der Waals surface area contributed by atoms with Crippen LogP contribution in [0.1, 0.15) is 29.8 Å². The zero-order valence-corrected chi connectivity index (χ0v) is 16.5. The molecule has 0 fully saturated rings. The topological polar surface area (TPSA) is 71.1 Å². The van der Waals surface area contributed by atoms with Gasteiger partial charge < -0.3 is 18.9 Å². The molecule has 0 saturated carbocycles. The maximum absolute atomic E-state index is 12.5. The van der Waals surface area contributed by atoms with Crippen molar-refractivity contribution in [3.63, 3.8) is 0 Å². The van der Waals surface area contributed by atoms with Gasteiger partial charge >= 0.3 is 5.97 Å². The molecule has 2 aromatic carbocycles. The zero-order chi connectivity index (χ0) is 20.8. The lowest BCUT2D eigenvalue weighted by Gasteiger charge is -2.13. The fourth-order valence-electron chi connectivity index (χ4n) is 2.81. The Kier molecular flexibility index (Phi) is 6.34. The van der Waals surface area contributed by atoms with E-state index in [1.54, 1.807) is 51.3 Å². The van der Waals surface area contributed by atoms with Crippen LogP contribution in [0.3, 0.4) is 0 Å². The van der Waals surface area contributed by atoms with Crippen LogP contribution in [0.4, 0.5) is 0 Å². The van der Waals surface area contributed by atoms with E-state index in [1.807, 2.05) is 30.3 Å². The van der Waals surface area contributed by atoms with Gasteiger partial charge in [-0.15, -0.1) is 0 Å². The summed E-state index contributed by atoms with van der Waals surface area (Å²) >= 11 is 0. The Morgan fingerprint density at radius 3 is 2.76 bits per heavy atom. The first-order chi connectivity index (χ1) is 14.0. The van der Waals surface area contributed by atoms with Gasteiger partial charge in [-0.3, -0.25) is 4.79 Å². The first kappa shape index (κ1) is 20.2. The van der Waals surface area contributed by atoms with E-state index in [0.29, 0.717) is 17.1 Å². The lowest BCUT2D eigenvalue weighted by Crippen LogP contribution is -2.26. The number of rotatable bonds is 7. The van der Waals surface area contributed by atoms with E-state index < -0.39 is 12.1 Å². The quantitative estimate of drug-likeness (QED) is 0.518. The van der Waals surface area contributed by atoms with Crippen LogP contribution in [0.15, 0.2) is 60.4 Å². The van der Waals surface area contributed by atoms with E-state index in [1.165, 1.54) is 0 Å². The molecule has 0 aromatic heterocycles. The Labute approximate surface area is 169 Å². The van der Waals surface area contributed by atoms with Gasteiger partial charge in [0.25, 0.3) is 0 Å². The first-order valence-corrected chi connectivity index (χ1v) is 9.24. The van der Waals surface area contributed by atoms with Crippen molar-refractivity contribution in [1.82, 2.24) is 0 Å². The SMILES string of the molecule is CCOC(=O)[C@@H](C)Oc1ccc2c(c1)OC(=CC=Cc1ccccc1OC)C2=O. The first-order valence-electron chi connectivity index (χ1n) is 9.24. The summed E-state index contributed by atoms with van der Waals surface area (Å²) in [5, 5.41) is 0. The van der Waals surface area contributed by atoms with Crippen LogP contribution >= 0.6 is 0 Å². The fraction of sp³-hybridized carbons (Fsp3) is 0.217. The molecule has 0 amide bonds. The average molecular weight is 394 g/mol. The molecule has 6 nitrogen and oxygen atoms in total. The molecule has 3 rings (SSSR count). The van der Waals surface area contributed by atoms with Gasteiger partial charge in [0, 0.05) is 11.6 Å². The van der Waals surface area contributed by atoms with Crippen molar-refractivity contribution in [3.05, 3.63) is 71.5 Å². The number of methoxy groups -OCH3 is 1. The van der Waals surface area contributed by atoms with E-state index in [-0.39, 0.29) is 18.1 Å². The van der Waals surface area contributed by atoms with Gasteiger partial charge in [0.05, 0.1) is 19.3 Å². The number of carbonyl (C=O) groups excluding carboxylic acids is 2. The fourth-order valence-corrected chi connectivity index (χ4v) is 2.81. The van der Waals surface area contributed by atoms with Crippen molar-refractivity contribution in [2.75, 3.05) is 13.7 Å². The second-order valence-corrected chi connectivity index (χ2v) is 6.23. The third-order valence-corrected chi connectivity index (χ3v) is 4.24. The Bertz CT molecular complexity index is 973. The Morgan fingerprint density at radius 1 is 1.21 bits per heavy atom. The molecular weight excluding hydrogens is 372 g/mol. The minimum Gasteiger partial charge on any atom is -0.496 e. The minimum absolute atomic E-state index is 0.210. The summed E-state index contributed by atoms with van der Waals surface area (Å²) in [6, 6.07) is 12.4. The van der Waals surface area contributed by atoms with E-state index in [4.69, 9.17) is 18.9 Å². The van der Waals surface area contributed by atoms with E-state index in [9.17, 15) is 9.59 Å². The molecule has 1 heterocycles. The van der Waals surface area contributed by atoms with E-state index in [0.717, 1.165) is 11.3 Å². The zero-order valence-electron chi connectivity index (χ0n) is 16.5. The van der Waals surface area contributed by atoms with E-state index >= 15 is 0 Å². The highest BCUT2D eigenvalue weighted by molar-refractivity contribution is 6.12. The summed E-state index contributed by atoms with van der Waals surface area (Å²) < 4.78 is 21.5. The molecule has 1 aliphatic rings. The molecule has 0 unspecified atom stereocenters. The number of allylic oxidation sites excluding steroid dienone is 3.